The van der Waals surface area contributed by atoms with Gasteiger partial charge in [-0.1, -0.05) is 6.08 Å². The number of carbonyl (C=O) groups excluding carboxylic acids is 1. The van der Waals surface area contributed by atoms with Crippen molar-refractivity contribution in [3.63, 3.8) is 0 Å². The molecule has 0 rings (SSSR count). The first-order valence-corrected chi connectivity index (χ1v) is 4.14. The number of amides is 1. The largest absolute Gasteiger partial charge is 0.350 e. The van der Waals surface area contributed by atoms with Crippen LogP contribution in [0.4, 0.5) is 0 Å². The quantitative estimate of drug-likeness (QED) is 0.638. The topological polar surface area (TPSA) is 32.3 Å². The van der Waals surface area contributed by atoms with Gasteiger partial charge in [-0.05, 0) is 27.9 Å². The summed E-state index contributed by atoms with van der Waals surface area (Å²) in [7, 11) is 3.93. The number of nitrogens with zero attached hydrogens (tertiary/aromatic N) is 1. The van der Waals surface area contributed by atoms with Crippen LogP contribution in [0, 0.1) is 0 Å². The van der Waals surface area contributed by atoms with Crippen LogP contribution in [-0.4, -0.2) is 37.5 Å². The van der Waals surface area contributed by atoms with Crippen LogP contribution in [0.5, 0.6) is 0 Å². The Bertz CT molecular complexity index is 167. The van der Waals surface area contributed by atoms with Gasteiger partial charge in [-0.2, -0.15) is 0 Å². The molecule has 0 saturated carbocycles. The van der Waals surface area contributed by atoms with Gasteiger partial charge in [0, 0.05) is 20.1 Å². The van der Waals surface area contributed by atoms with Gasteiger partial charge in [0.1, 0.15) is 0 Å². The molecule has 3 nitrogen and oxygen atoms in total. The SMILES string of the molecule is CC(C)NC(=O)/C=C/CN(C)C.[HH]. The fourth-order valence-electron chi connectivity index (χ4n) is 0.703. The molecule has 0 fully saturated rings. The normalized spacial score (nSPS) is 11.5. The fourth-order valence-corrected chi connectivity index (χ4v) is 0.703. The lowest BCUT2D eigenvalue weighted by molar-refractivity contribution is -0.116. The molecule has 0 radical (unpaired) electrons. The minimum absolute atomic E-state index is 0. The maximum atomic E-state index is 11.0. The van der Waals surface area contributed by atoms with Crippen molar-refractivity contribution in [1.29, 1.82) is 0 Å². The molecule has 0 spiro atoms. The summed E-state index contributed by atoms with van der Waals surface area (Å²) in [5, 5.41) is 2.77. The molecular weight excluding hydrogens is 152 g/mol. The predicted molar refractivity (Wildman–Crippen MR) is 53.1 cm³/mol. The van der Waals surface area contributed by atoms with E-state index in [-0.39, 0.29) is 13.4 Å². The Labute approximate surface area is 75.9 Å². The van der Waals surface area contributed by atoms with E-state index in [4.69, 9.17) is 0 Å². The zero-order valence-electron chi connectivity index (χ0n) is 8.29. The highest BCUT2D eigenvalue weighted by atomic mass is 16.1. The summed E-state index contributed by atoms with van der Waals surface area (Å²) >= 11 is 0. The molecule has 0 aliphatic carbocycles. The Kier molecular flexibility index (Phi) is 5.37. The zero-order chi connectivity index (χ0) is 9.56. The van der Waals surface area contributed by atoms with Crippen LogP contribution >= 0.6 is 0 Å². The smallest absolute Gasteiger partial charge is 0.243 e. The number of nitrogens with one attached hydrogen (secondary N) is 1. The second kappa shape index (κ2) is 5.77. The Morgan fingerprint density at radius 3 is 2.58 bits per heavy atom. The molecule has 0 aliphatic heterocycles. The highest BCUT2D eigenvalue weighted by molar-refractivity contribution is 5.87. The molecule has 3 heteroatoms. The highest BCUT2D eigenvalue weighted by Gasteiger charge is 1.96. The van der Waals surface area contributed by atoms with E-state index in [9.17, 15) is 4.79 Å². The molecule has 0 unspecified atom stereocenters. The molecular formula is C9H20N2O. The molecule has 72 valence electrons. The summed E-state index contributed by atoms with van der Waals surface area (Å²) in [5.41, 5.74) is 0. The second-order valence-corrected chi connectivity index (χ2v) is 3.33. The van der Waals surface area contributed by atoms with E-state index in [0.29, 0.717) is 0 Å². The number of rotatable bonds is 4. The summed E-state index contributed by atoms with van der Waals surface area (Å²) in [6.45, 7) is 4.68. The first-order valence-electron chi connectivity index (χ1n) is 4.14. The van der Waals surface area contributed by atoms with Crippen LogP contribution in [-0.2, 0) is 4.79 Å². The van der Waals surface area contributed by atoms with Gasteiger partial charge in [0.25, 0.3) is 0 Å². The number of hydrogen-bond donors (Lipinski definition) is 1. The Morgan fingerprint density at radius 2 is 2.17 bits per heavy atom. The van der Waals surface area contributed by atoms with E-state index in [1.807, 2.05) is 38.9 Å². The summed E-state index contributed by atoms with van der Waals surface area (Å²) in [6.07, 6.45) is 3.41. The van der Waals surface area contributed by atoms with Crippen molar-refractivity contribution >= 4 is 5.91 Å². The molecule has 0 aromatic carbocycles. The van der Waals surface area contributed by atoms with Gasteiger partial charge < -0.3 is 10.2 Å². The van der Waals surface area contributed by atoms with Crippen molar-refractivity contribution in [3.05, 3.63) is 12.2 Å². The summed E-state index contributed by atoms with van der Waals surface area (Å²) in [4.78, 5) is 13.0. The summed E-state index contributed by atoms with van der Waals surface area (Å²) < 4.78 is 0. The molecule has 0 atom stereocenters. The molecule has 0 aliphatic rings. The van der Waals surface area contributed by atoms with E-state index >= 15 is 0 Å². The number of likely N-dealkylation sites (N-methyl/N-ethyl adjacent to an activating group) is 1. The first kappa shape index (κ1) is 11.2. The predicted octanol–water partition coefficient (Wildman–Crippen LogP) is 0.875. The molecule has 1 N–H and O–H groups in total. The number of hydrogen-bond acceptors (Lipinski definition) is 2. The van der Waals surface area contributed by atoms with Crippen LogP contribution < -0.4 is 5.32 Å². The van der Waals surface area contributed by atoms with Crippen molar-refractivity contribution in [3.8, 4) is 0 Å². The molecule has 1 amide bonds. The molecule has 0 heterocycles. The standard InChI is InChI=1S/C9H18N2O.H2/c1-8(2)10-9(12)6-5-7-11(3)4;/h5-6,8H,7H2,1-4H3,(H,10,12);1H/b6-5+;. The second-order valence-electron chi connectivity index (χ2n) is 3.33. The third-order valence-electron chi connectivity index (χ3n) is 1.17. The molecule has 0 aromatic rings. The average Bonchev–Trinajstić information content (AvgIpc) is 1.84. The summed E-state index contributed by atoms with van der Waals surface area (Å²) in [5.74, 6) is -0.0214. The molecule has 0 aromatic heterocycles. The summed E-state index contributed by atoms with van der Waals surface area (Å²) in [6, 6.07) is 0.210. The van der Waals surface area contributed by atoms with Crippen molar-refractivity contribution in [2.75, 3.05) is 20.6 Å². The van der Waals surface area contributed by atoms with Gasteiger partial charge in [0.2, 0.25) is 5.91 Å². The van der Waals surface area contributed by atoms with Crippen LogP contribution in [0.1, 0.15) is 15.3 Å². The van der Waals surface area contributed by atoms with E-state index in [1.54, 1.807) is 6.08 Å². The van der Waals surface area contributed by atoms with Gasteiger partial charge in [0.15, 0.2) is 0 Å². The maximum absolute atomic E-state index is 11.0. The van der Waals surface area contributed by atoms with Crippen LogP contribution in [0.2, 0.25) is 0 Å². The van der Waals surface area contributed by atoms with Crippen molar-refractivity contribution in [2.24, 2.45) is 0 Å². The third kappa shape index (κ3) is 7.28. The lowest BCUT2D eigenvalue weighted by Crippen LogP contribution is -2.28. The first-order chi connectivity index (χ1) is 5.52. The highest BCUT2D eigenvalue weighted by Crippen LogP contribution is 1.81. The van der Waals surface area contributed by atoms with E-state index in [0.717, 1.165) is 6.54 Å². The fraction of sp³-hybridized carbons (Fsp3) is 0.667. The van der Waals surface area contributed by atoms with Gasteiger partial charge in [0.05, 0.1) is 0 Å². The molecule has 0 saturated heterocycles. The van der Waals surface area contributed by atoms with Crippen LogP contribution in [0.15, 0.2) is 12.2 Å². The van der Waals surface area contributed by atoms with Crippen LogP contribution in [0.25, 0.3) is 0 Å². The van der Waals surface area contributed by atoms with E-state index < -0.39 is 0 Å². The molecule has 12 heavy (non-hydrogen) atoms. The monoisotopic (exact) mass is 172 g/mol. The van der Waals surface area contributed by atoms with Crippen molar-refractivity contribution in [2.45, 2.75) is 19.9 Å². The van der Waals surface area contributed by atoms with Crippen molar-refractivity contribution in [1.82, 2.24) is 10.2 Å². The van der Waals surface area contributed by atoms with E-state index in [2.05, 4.69) is 5.32 Å². The average molecular weight is 172 g/mol. The zero-order valence-corrected chi connectivity index (χ0v) is 8.29. The Morgan fingerprint density at radius 1 is 1.58 bits per heavy atom. The van der Waals surface area contributed by atoms with Gasteiger partial charge >= 0.3 is 0 Å². The van der Waals surface area contributed by atoms with Gasteiger partial charge in [-0.3, -0.25) is 4.79 Å². The minimum Gasteiger partial charge on any atom is -0.350 e. The Balaban J connectivity index is 0. The van der Waals surface area contributed by atoms with Crippen LogP contribution in [0.3, 0.4) is 0 Å². The van der Waals surface area contributed by atoms with Gasteiger partial charge in [-0.15, -0.1) is 0 Å². The minimum atomic E-state index is -0.0214. The van der Waals surface area contributed by atoms with Gasteiger partial charge in [-0.25, -0.2) is 0 Å². The van der Waals surface area contributed by atoms with E-state index in [1.165, 1.54) is 0 Å². The number of carbonyl (C=O) groups is 1. The lowest BCUT2D eigenvalue weighted by Gasteiger charge is -2.05. The Hall–Kier alpha value is -0.830. The maximum Gasteiger partial charge on any atom is 0.243 e. The molecule has 0 bridgehead atoms. The third-order valence-corrected chi connectivity index (χ3v) is 1.17. The van der Waals surface area contributed by atoms with Crippen molar-refractivity contribution < 1.29 is 6.22 Å². The lowest BCUT2D eigenvalue weighted by atomic mass is 10.3.